The molecule has 0 aliphatic carbocycles. The van der Waals surface area contributed by atoms with Crippen LogP contribution in [0, 0.1) is 0 Å². The number of hydrogen-bond donors (Lipinski definition) is 1. The normalized spacial score (nSPS) is 11.7. The van der Waals surface area contributed by atoms with Crippen molar-refractivity contribution >= 4 is 11.9 Å². The number of hydrogen-bond acceptors (Lipinski definition) is 5. The zero-order valence-electron chi connectivity index (χ0n) is 12.6. The highest BCUT2D eigenvalue weighted by atomic mass is 16.6. The molecule has 0 saturated heterocycles. The Morgan fingerprint density at radius 3 is 2.48 bits per heavy atom. The van der Waals surface area contributed by atoms with Crippen LogP contribution in [0.2, 0.25) is 0 Å². The monoisotopic (exact) mass is 293 g/mol. The molecule has 0 amide bonds. The molecule has 21 heavy (non-hydrogen) atoms. The van der Waals surface area contributed by atoms with E-state index in [2.05, 4.69) is 5.32 Å². The largest absolute Gasteiger partial charge is 0.466 e. The van der Waals surface area contributed by atoms with Crippen molar-refractivity contribution in [3.05, 3.63) is 35.9 Å². The molecule has 1 rings (SSSR count). The summed E-state index contributed by atoms with van der Waals surface area (Å²) in [6.07, 6.45) is 0.706. The summed E-state index contributed by atoms with van der Waals surface area (Å²) in [7, 11) is 0. The Morgan fingerprint density at radius 2 is 1.86 bits per heavy atom. The van der Waals surface area contributed by atoms with Gasteiger partial charge in [0, 0.05) is 19.4 Å². The smallest absolute Gasteiger partial charge is 0.307 e. The summed E-state index contributed by atoms with van der Waals surface area (Å²) >= 11 is 0. The van der Waals surface area contributed by atoms with Gasteiger partial charge in [0.05, 0.1) is 13.0 Å². The number of carbonyl (C=O) groups is 2. The zero-order chi connectivity index (χ0) is 15.5. The second-order valence-corrected chi connectivity index (χ2v) is 4.53. The first-order chi connectivity index (χ1) is 10.2. The molecule has 0 fully saturated rings. The fourth-order valence-corrected chi connectivity index (χ4v) is 1.79. The Kier molecular flexibility index (Phi) is 8.12. The van der Waals surface area contributed by atoms with Crippen molar-refractivity contribution in [3.63, 3.8) is 0 Å². The number of carbonyl (C=O) groups excluding carboxylic acids is 2. The van der Waals surface area contributed by atoms with Gasteiger partial charge in [-0.05, 0) is 12.5 Å². The molecule has 1 aromatic carbocycles. The summed E-state index contributed by atoms with van der Waals surface area (Å²) in [6.45, 7) is 4.30. The molecule has 5 nitrogen and oxygen atoms in total. The van der Waals surface area contributed by atoms with Crippen LogP contribution in [0.5, 0.6) is 0 Å². The van der Waals surface area contributed by atoms with Gasteiger partial charge in [-0.15, -0.1) is 0 Å². The number of benzene rings is 1. The molecule has 5 heteroatoms. The average molecular weight is 293 g/mol. The van der Waals surface area contributed by atoms with Crippen LogP contribution in [0.1, 0.15) is 32.3 Å². The van der Waals surface area contributed by atoms with Gasteiger partial charge in [-0.2, -0.15) is 0 Å². The third-order valence-electron chi connectivity index (χ3n) is 2.83. The molecular weight excluding hydrogens is 270 g/mol. The summed E-state index contributed by atoms with van der Waals surface area (Å²) in [5.41, 5.74) is 1.06. The molecule has 0 saturated carbocycles. The van der Waals surface area contributed by atoms with Gasteiger partial charge < -0.3 is 9.47 Å². The lowest BCUT2D eigenvalue weighted by Gasteiger charge is -2.19. The van der Waals surface area contributed by atoms with Crippen molar-refractivity contribution in [2.24, 2.45) is 0 Å². The highest BCUT2D eigenvalue weighted by molar-refractivity contribution is 5.69. The molecule has 1 unspecified atom stereocenters. The molecule has 116 valence electrons. The van der Waals surface area contributed by atoms with Gasteiger partial charge in [-0.25, -0.2) is 0 Å². The van der Waals surface area contributed by atoms with Crippen LogP contribution in [0.25, 0.3) is 0 Å². The molecule has 0 aromatic heterocycles. The Hall–Kier alpha value is -1.88. The highest BCUT2D eigenvalue weighted by Crippen LogP contribution is 2.05. The second kappa shape index (κ2) is 9.94. The van der Waals surface area contributed by atoms with Crippen LogP contribution < -0.4 is 5.32 Å². The van der Waals surface area contributed by atoms with Gasteiger partial charge >= 0.3 is 11.9 Å². The maximum atomic E-state index is 11.5. The molecule has 0 aliphatic rings. The summed E-state index contributed by atoms with van der Waals surface area (Å²) < 4.78 is 10.2. The van der Waals surface area contributed by atoms with E-state index in [1.165, 1.54) is 0 Å². The van der Waals surface area contributed by atoms with Crippen molar-refractivity contribution in [2.45, 2.75) is 39.3 Å². The second-order valence-electron chi connectivity index (χ2n) is 4.53. The van der Waals surface area contributed by atoms with E-state index in [9.17, 15) is 9.59 Å². The molecular formula is C16H23NO4. The predicted molar refractivity (Wildman–Crippen MR) is 79.6 cm³/mol. The predicted octanol–water partition coefficient (Wildman–Crippen LogP) is 2.05. The van der Waals surface area contributed by atoms with Crippen molar-refractivity contribution < 1.29 is 19.1 Å². The minimum atomic E-state index is -0.436. The number of rotatable bonds is 9. The lowest BCUT2D eigenvalue weighted by Crippen LogP contribution is -2.37. The van der Waals surface area contributed by atoms with E-state index in [0.717, 1.165) is 5.56 Å². The SMILES string of the molecule is CCOC(=O)CCNC(Cc1ccccc1)OC(=O)CC. The summed E-state index contributed by atoms with van der Waals surface area (Å²) in [6, 6.07) is 9.75. The maximum Gasteiger partial charge on any atom is 0.307 e. The lowest BCUT2D eigenvalue weighted by molar-refractivity contribution is -0.150. The van der Waals surface area contributed by atoms with Crippen LogP contribution >= 0.6 is 0 Å². The van der Waals surface area contributed by atoms with Gasteiger partial charge in [0.2, 0.25) is 0 Å². The fourth-order valence-electron chi connectivity index (χ4n) is 1.79. The van der Waals surface area contributed by atoms with Crippen LogP contribution in [0.4, 0.5) is 0 Å². The molecule has 0 radical (unpaired) electrons. The minimum absolute atomic E-state index is 0.253. The fraction of sp³-hybridized carbons (Fsp3) is 0.500. The van der Waals surface area contributed by atoms with Gasteiger partial charge in [0.15, 0.2) is 6.23 Å². The van der Waals surface area contributed by atoms with Gasteiger partial charge in [0.25, 0.3) is 0 Å². The summed E-state index contributed by atoms with van der Waals surface area (Å²) in [5.74, 6) is -0.523. The van der Waals surface area contributed by atoms with E-state index in [1.807, 2.05) is 30.3 Å². The topological polar surface area (TPSA) is 64.6 Å². The molecule has 1 N–H and O–H groups in total. The van der Waals surface area contributed by atoms with Gasteiger partial charge in [0.1, 0.15) is 0 Å². The maximum absolute atomic E-state index is 11.5. The van der Waals surface area contributed by atoms with Gasteiger partial charge in [-0.1, -0.05) is 37.3 Å². The van der Waals surface area contributed by atoms with E-state index in [4.69, 9.17) is 9.47 Å². The Labute approximate surface area is 125 Å². The quantitative estimate of drug-likeness (QED) is 0.557. The summed E-state index contributed by atoms with van der Waals surface area (Å²) in [5, 5.41) is 3.08. The number of nitrogens with one attached hydrogen (secondary N) is 1. The van der Waals surface area contributed by atoms with Crippen molar-refractivity contribution in [2.75, 3.05) is 13.2 Å². The van der Waals surface area contributed by atoms with Crippen LogP contribution in [0.15, 0.2) is 30.3 Å². The Balaban J connectivity index is 2.48. The van der Waals surface area contributed by atoms with E-state index in [-0.39, 0.29) is 18.4 Å². The zero-order valence-corrected chi connectivity index (χ0v) is 12.6. The lowest BCUT2D eigenvalue weighted by atomic mass is 10.1. The third-order valence-corrected chi connectivity index (χ3v) is 2.83. The molecule has 0 spiro atoms. The van der Waals surface area contributed by atoms with Crippen molar-refractivity contribution in [1.82, 2.24) is 5.32 Å². The van der Waals surface area contributed by atoms with Crippen LogP contribution in [-0.4, -0.2) is 31.3 Å². The van der Waals surface area contributed by atoms with E-state index in [0.29, 0.717) is 26.0 Å². The van der Waals surface area contributed by atoms with Crippen LogP contribution in [-0.2, 0) is 25.5 Å². The average Bonchev–Trinajstić information content (AvgIpc) is 2.48. The third kappa shape index (κ3) is 7.46. The first kappa shape index (κ1) is 17.2. The summed E-state index contributed by atoms with van der Waals surface area (Å²) in [4.78, 5) is 22.7. The van der Waals surface area contributed by atoms with E-state index in [1.54, 1.807) is 13.8 Å². The molecule has 1 atom stereocenters. The van der Waals surface area contributed by atoms with Gasteiger partial charge in [-0.3, -0.25) is 14.9 Å². The number of esters is 2. The molecule has 0 aliphatic heterocycles. The van der Waals surface area contributed by atoms with E-state index >= 15 is 0 Å². The molecule has 1 aromatic rings. The van der Waals surface area contributed by atoms with Crippen LogP contribution in [0.3, 0.4) is 0 Å². The number of ether oxygens (including phenoxy) is 2. The first-order valence-electron chi connectivity index (χ1n) is 7.28. The van der Waals surface area contributed by atoms with Crippen molar-refractivity contribution in [1.29, 1.82) is 0 Å². The highest BCUT2D eigenvalue weighted by Gasteiger charge is 2.14. The van der Waals surface area contributed by atoms with Crippen molar-refractivity contribution in [3.8, 4) is 0 Å². The Morgan fingerprint density at radius 1 is 1.14 bits per heavy atom. The molecule has 0 heterocycles. The Bertz CT molecular complexity index is 433. The standard InChI is InChI=1S/C16H23NO4/c1-3-15(18)21-14(12-13-8-6-5-7-9-13)17-11-10-16(19)20-4-2/h5-9,14,17H,3-4,10-12H2,1-2H3. The first-order valence-corrected chi connectivity index (χ1v) is 7.28. The molecule has 0 bridgehead atoms. The minimum Gasteiger partial charge on any atom is -0.466 e. The van der Waals surface area contributed by atoms with E-state index < -0.39 is 6.23 Å².